The van der Waals surface area contributed by atoms with Gasteiger partial charge in [-0.2, -0.15) is 5.26 Å². The number of hydrogen-bond donors (Lipinski definition) is 1. The minimum Gasteiger partial charge on any atom is -0.497 e. The van der Waals surface area contributed by atoms with Crippen molar-refractivity contribution in [2.24, 2.45) is 0 Å². The van der Waals surface area contributed by atoms with Crippen LogP contribution >= 0.6 is 0 Å². The number of hydrogen-bond acceptors (Lipinski definition) is 6. The number of pyridine rings is 1. The van der Waals surface area contributed by atoms with Crippen LogP contribution in [-0.4, -0.2) is 30.1 Å². The number of carbonyl (C=O) groups is 2. The lowest BCUT2D eigenvalue weighted by Gasteiger charge is -2.13. The zero-order chi connectivity index (χ0) is 20.1. The Morgan fingerprint density at radius 2 is 1.96 bits per heavy atom. The molecular weight excluding hydrogens is 358 g/mol. The highest BCUT2D eigenvalue weighted by Crippen LogP contribution is 2.20. The minimum atomic E-state index is -1.04. The number of aromatic nitrogens is 1. The number of fused-ring (bicyclic) bond motifs is 1. The summed E-state index contributed by atoms with van der Waals surface area (Å²) in [4.78, 5) is 28.9. The number of nitrogens with one attached hydrogen (secondary N) is 1. The van der Waals surface area contributed by atoms with Crippen LogP contribution in [0, 0.1) is 11.3 Å². The molecule has 28 heavy (non-hydrogen) atoms. The smallest absolute Gasteiger partial charge is 0.357 e. The molecule has 0 bridgehead atoms. The summed E-state index contributed by atoms with van der Waals surface area (Å²) in [5, 5.41) is 12.3. The summed E-state index contributed by atoms with van der Waals surface area (Å²) >= 11 is 0. The number of anilines is 1. The predicted molar refractivity (Wildman–Crippen MR) is 103 cm³/mol. The van der Waals surface area contributed by atoms with Crippen LogP contribution < -0.4 is 10.1 Å². The van der Waals surface area contributed by atoms with Gasteiger partial charge in [-0.1, -0.05) is 12.1 Å². The molecule has 1 atom stereocenters. The Morgan fingerprint density at radius 1 is 1.14 bits per heavy atom. The summed E-state index contributed by atoms with van der Waals surface area (Å²) < 4.78 is 10.4. The van der Waals surface area contributed by atoms with Crippen LogP contribution in [0.4, 0.5) is 5.69 Å². The molecule has 7 heteroatoms. The molecule has 2 aromatic carbocycles. The van der Waals surface area contributed by atoms with Crippen LogP contribution in [0.2, 0.25) is 0 Å². The van der Waals surface area contributed by atoms with E-state index in [0.717, 1.165) is 5.39 Å². The lowest BCUT2D eigenvalue weighted by molar-refractivity contribution is -0.123. The average Bonchev–Trinajstić information content (AvgIpc) is 2.72. The third-order valence-electron chi connectivity index (χ3n) is 4.02. The Kier molecular flexibility index (Phi) is 5.51. The number of nitriles is 1. The first-order valence-electron chi connectivity index (χ1n) is 8.47. The summed E-state index contributed by atoms with van der Waals surface area (Å²) in [6, 6.07) is 17.0. The molecule has 0 saturated heterocycles. The van der Waals surface area contributed by atoms with Crippen molar-refractivity contribution in [2.45, 2.75) is 13.0 Å². The Balaban J connectivity index is 1.68. The van der Waals surface area contributed by atoms with Crippen molar-refractivity contribution in [2.75, 3.05) is 12.4 Å². The van der Waals surface area contributed by atoms with E-state index in [4.69, 9.17) is 14.7 Å². The number of carbonyl (C=O) groups excluding carboxylic acids is 2. The first-order valence-corrected chi connectivity index (χ1v) is 8.47. The van der Waals surface area contributed by atoms with Gasteiger partial charge in [0.2, 0.25) is 0 Å². The molecule has 0 aliphatic heterocycles. The standard InChI is InChI=1S/C21H17N3O4/c1-13(20(25)23-16-5-3-4-14(10-16)12-22)28-21(26)19-8-6-15-11-17(27-2)7-9-18(15)24-19/h3-11,13H,1-2H3,(H,23,25)/t13-/m1/s1. The van der Waals surface area contributed by atoms with Crippen LogP contribution in [0.1, 0.15) is 23.0 Å². The van der Waals surface area contributed by atoms with Crippen molar-refractivity contribution in [1.82, 2.24) is 4.98 Å². The molecule has 0 unspecified atom stereocenters. The zero-order valence-electron chi connectivity index (χ0n) is 15.3. The van der Waals surface area contributed by atoms with Crippen LogP contribution in [0.25, 0.3) is 10.9 Å². The highest BCUT2D eigenvalue weighted by atomic mass is 16.5. The number of benzene rings is 2. The van der Waals surface area contributed by atoms with Gasteiger partial charge in [0, 0.05) is 11.1 Å². The highest BCUT2D eigenvalue weighted by molar-refractivity contribution is 5.97. The molecule has 0 fully saturated rings. The third-order valence-corrected chi connectivity index (χ3v) is 4.02. The van der Waals surface area contributed by atoms with E-state index in [0.29, 0.717) is 22.5 Å². The maximum atomic E-state index is 12.3. The van der Waals surface area contributed by atoms with Crippen molar-refractivity contribution in [1.29, 1.82) is 5.26 Å². The maximum Gasteiger partial charge on any atom is 0.357 e. The molecule has 1 amide bonds. The van der Waals surface area contributed by atoms with E-state index >= 15 is 0 Å². The average molecular weight is 375 g/mol. The monoisotopic (exact) mass is 375 g/mol. The van der Waals surface area contributed by atoms with Gasteiger partial charge < -0.3 is 14.8 Å². The summed E-state index contributed by atoms with van der Waals surface area (Å²) in [5.74, 6) is -0.518. The number of nitrogens with zero attached hydrogens (tertiary/aromatic N) is 2. The van der Waals surface area contributed by atoms with Crippen molar-refractivity contribution in [3.05, 3.63) is 65.9 Å². The SMILES string of the molecule is COc1ccc2nc(C(=O)O[C@H](C)C(=O)Nc3cccc(C#N)c3)ccc2c1. The van der Waals surface area contributed by atoms with Crippen molar-refractivity contribution >= 4 is 28.5 Å². The summed E-state index contributed by atoms with van der Waals surface area (Å²) in [6.07, 6.45) is -1.04. The fourth-order valence-corrected chi connectivity index (χ4v) is 2.53. The Hall–Kier alpha value is -3.92. The van der Waals surface area contributed by atoms with Gasteiger partial charge >= 0.3 is 5.97 Å². The van der Waals surface area contributed by atoms with E-state index in [1.54, 1.807) is 43.5 Å². The van der Waals surface area contributed by atoms with E-state index in [1.165, 1.54) is 19.1 Å². The molecule has 3 aromatic rings. The summed E-state index contributed by atoms with van der Waals surface area (Å²) in [5.41, 5.74) is 1.58. The first kappa shape index (κ1) is 18.9. The maximum absolute atomic E-state index is 12.3. The molecule has 140 valence electrons. The molecule has 0 spiro atoms. The van der Waals surface area contributed by atoms with Crippen LogP contribution in [0.3, 0.4) is 0 Å². The second kappa shape index (κ2) is 8.18. The number of methoxy groups -OCH3 is 1. The summed E-state index contributed by atoms with van der Waals surface area (Å²) in [7, 11) is 1.57. The topological polar surface area (TPSA) is 101 Å². The predicted octanol–water partition coefficient (Wildman–Crippen LogP) is 3.30. The van der Waals surface area contributed by atoms with E-state index < -0.39 is 18.0 Å². The largest absolute Gasteiger partial charge is 0.497 e. The molecule has 0 aliphatic rings. The van der Waals surface area contributed by atoms with E-state index in [9.17, 15) is 9.59 Å². The normalized spacial score (nSPS) is 11.3. The van der Waals surface area contributed by atoms with Crippen LogP contribution in [0.15, 0.2) is 54.6 Å². The molecule has 1 aromatic heterocycles. The second-order valence-corrected chi connectivity index (χ2v) is 5.98. The number of esters is 1. The Labute approximate surface area is 161 Å². The molecule has 1 N–H and O–H groups in total. The van der Waals surface area contributed by atoms with Gasteiger partial charge in [0.05, 0.1) is 24.3 Å². The Bertz CT molecular complexity index is 1090. The fraction of sp³-hybridized carbons (Fsp3) is 0.143. The highest BCUT2D eigenvalue weighted by Gasteiger charge is 2.20. The molecule has 1 heterocycles. The van der Waals surface area contributed by atoms with Crippen molar-refractivity contribution in [3.8, 4) is 11.8 Å². The molecule has 3 rings (SSSR count). The molecule has 0 radical (unpaired) electrons. The van der Waals surface area contributed by atoms with E-state index in [2.05, 4.69) is 10.3 Å². The van der Waals surface area contributed by atoms with Crippen molar-refractivity contribution in [3.63, 3.8) is 0 Å². The van der Waals surface area contributed by atoms with Crippen LogP contribution in [0.5, 0.6) is 5.75 Å². The first-order chi connectivity index (χ1) is 13.5. The van der Waals surface area contributed by atoms with Gasteiger partial charge in [-0.25, -0.2) is 9.78 Å². The van der Waals surface area contributed by atoms with Crippen LogP contribution in [-0.2, 0) is 9.53 Å². The fourth-order valence-electron chi connectivity index (χ4n) is 2.53. The number of rotatable bonds is 5. The second-order valence-electron chi connectivity index (χ2n) is 5.98. The molecule has 0 saturated carbocycles. The van der Waals surface area contributed by atoms with Crippen molar-refractivity contribution < 1.29 is 19.1 Å². The van der Waals surface area contributed by atoms with Gasteiger partial charge in [-0.05, 0) is 49.4 Å². The lowest BCUT2D eigenvalue weighted by Crippen LogP contribution is -2.30. The lowest BCUT2D eigenvalue weighted by atomic mass is 10.2. The van der Waals surface area contributed by atoms with Gasteiger partial charge in [0.25, 0.3) is 5.91 Å². The Morgan fingerprint density at radius 3 is 2.71 bits per heavy atom. The van der Waals surface area contributed by atoms with Gasteiger partial charge in [0.15, 0.2) is 6.10 Å². The van der Waals surface area contributed by atoms with E-state index in [-0.39, 0.29) is 5.69 Å². The molecular formula is C21H17N3O4. The molecule has 7 nitrogen and oxygen atoms in total. The molecule has 0 aliphatic carbocycles. The van der Waals surface area contributed by atoms with E-state index in [1.807, 2.05) is 12.1 Å². The quantitative estimate of drug-likeness (QED) is 0.687. The number of ether oxygens (including phenoxy) is 2. The van der Waals surface area contributed by atoms with Gasteiger partial charge in [-0.15, -0.1) is 0 Å². The number of amides is 1. The van der Waals surface area contributed by atoms with Gasteiger partial charge in [-0.3, -0.25) is 4.79 Å². The zero-order valence-corrected chi connectivity index (χ0v) is 15.3. The minimum absolute atomic E-state index is 0.101. The summed E-state index contributed by atoms with van der Waals surface area (Å²) in [6.45, 7) is 1.47. The van der Waals surface area contributed by atoms with Gasteiger partial charge in [0.1, 0.15) is 11.4 Å². The third kappa shape index (κ3) is 4.24.